The second-order valence-electron chi connectivity index (χ2n) is 12.3. The lowest BCUT2D eigenvalue weighted by Crippen LogP contribution is -2.32. The summed E-state index contributed by atoms with van der Waals surface area (Å²) in [4.78, 5) is 13.9. The standard InChI is InChI=1S/C41H36N2O3/c1-45-36-27-31(42-30-19-9-4-10-20-30)24-25-34(36)41(33-22-12-11-21-32(33)40(44)46-41)39-38(29-17-7-3-8-18-29)37(28-15-5-2-6-16-28)35-23-13-14-26-43(35)39/h2-3,5-8,11-18,21-27,30,42H,4,9-10,19-20H2,1H3. The number of carbonyl (C=O) groups is 1. The Morgan fingerprint density at radius 3 is 2.15 bits per heavy atom. The monoisotopic (exact) mass is 604 g/mol. The van der Waals surface area contributed by atoms with E-state index in [4.69, 9.17) is 9.47 Å². The predicted octanol–water partition coefficient (Wildman–Crippen LogP) is 9.49. The van der Waals surface area contributed by atoms with E-state index >= 15 is 0 Å². The third-order valence-corrected chi connectivity index (χ3v) is 9.63. The first-order valence-corrected chi connectivity index (χ1v) is 16.2. The van der Waals surface area contributed by atoms with Crippen LogP contribution in [0, 0.1) is 0 Å². The van der Waals surface area contributed by atoms with Crippen molar-refractivity contribution < 1.29 is 14.3 Å². The largest absolute Gasteiger partial charge is 0.496 e. The fourth-order valence-electron chi connectivity index (χ4n) is 7.61. The van der Waals surface area contributed by atoms with Gasteiger partial charge in [-0.1, -0.05) is 104 Å². The van der Waals surface area contributed by atoms with Crippen LogP contribution in [0.1, 0.15) is 59.3 Å². The summed E-state index contributed by atoms with van der Waals surface area (Å²) in [5.74, 6) is 0.310. The average molecular weight is 605 g/mol. The fraction of sp³-hybridized carbons (Fsp3) is 0.195. The SMILES string of the molecule is COc1cc(NC2CCCCC2)ccc1C1(c2c(-c3ccccc3)c(-c3ccccc3)c3ccccn23)OC(=O)c2ccccc21. The second-order valence-corrected chi connectivity index (χ2v) is 12.3. The molecule has 3 heterocycles. The van der Waals surface area contributed by atoms with Crippen LogP contribution in [0.5, 0.6) is 5.75 Å². The van der Waals surface area contributed by atoms with Gasteiger partial charge in [-0.05, 0) is 54.3 Å². The summed E-state index contributed by atoms with van der Waals surface area (Å²) in [5, 5.41) is 3.75. The van der Waals surface area contributed by atoms with Crippen molar-refractivity contribution in [2.45, 2.75) is 43.7 Å². The van der Waals surface area contributed by atoms with E-state index in [0.29, 0.717) is 17.4 Å². The summed E-state index contributed by atoms with van der Waals surface area (Å²) in [7, 11) is 1.70. The van der Waals surface area contributed by atoms with Crippen LogP contribution in [0.15, 0.2) is 128 Å². The molecule has 0 saturated heterocycles. The average Bonchev–Trinajstić information content (AvgIpc) is 3.62. The van der Waals surface area contributed by atoms with E-state index in [-0.39, 0.29) is 5.97 Å². The Bertz CT molecular complexity index is 2040. The van der Waals surface area contributed by atoms with E-state index in [1.165, 1.54) is 19.3 Å². The smallest absolute Gasteiger partial charge is 0.340 e. The molecule has 0 amide bonds. The van der Waals surface area contributed by atoms with Crippen molar-refractivity contribution in [3.63, 3.8) is 0 Å². The number of pyridine rings is 1. The Hall–Kier alpha value is -5.29. The van der Waals surface area contributed by atoms with Gasteiger partial charge >= 0.3 is 5.97 Å². The van der Waals surface area contributed by atoms with Gasteiger partial charge in [0.2, 0.25) is 5.60 Å². The molecule has 1 atom stereocenters. The van der Waals surface area contributed by atoms with Crippen LogP contribution in [0.3, 0.4) is 0 Å². The van der Waals surface area contributed by atoms with Crippen molar-refractivity contribution in [1.29, 1.82) is 0 Å². The van der Waals surface area contributed by atoms with Crippen LogP contribution in [0.25, 0.3) is 27.8 Å². The summed E-state index contributed by atoms with van der Waals surface area (Å²) < 4.78 is 15.2. The maximum atomic E-state index is 13.9. The van der Waals surface area contributed by atoms with Crippen LogP contribution in [-0.2, 0) is 10.3 Å². The molecule has 8 rings (SSSR count). The van der Waals surface area contributed by atoms with Crippen molar-refractivity contribution >= 4 is 17.2 Å². The highest BCUT2D eigenvalue weighted by molar-refractivity contribution is 6.01. The third-order valence-electron chi connectivity index (χ3n) is 9.63. The molecule has 46 heavy (non-hydrogen) atoms. The predicted molar refractivity (Wildman–Crippen MR) is 183 cm³/mol. The molecule has 1 saturated carbocycles. The van der Waals surface area contributed by atoms with Crippen molar-refractivity contribution in [2.75, 3.05) is 12.4 Å². The highest BCUT2D eigenvalue weighted by Gasteiger charge is 2.53. The zero-order valence-electron chi connectivity index (χ0n) is 25.9. The molecule has 0 spiro atoms. The number of hydrogen-bond acceptors (Lipinski definition) is 4. The summed E-state index contributed by atoms with van der Waals surface area (Å²) >= 11 is 0. The van der Waals surface area contributed by atoms with Crippen molar-refractivity contribution in [2.24, 2.45) is 0 Å². The molecule has 1 unspecified atom stereocenters. The van der Waals surface area contributed by atoms with Gasteiger partial charge in [0.05, 0.1) is 23.9 Å². The molecule has 1 N–H and O–H groups in total. The number of methoxy groups -OCH3 is 1. The van der Waals surface area contributed by atoms with E-state index in [2.05, 4.69) is 94.8 Å². The Kier molecular flexibility index (Phi) is 7.09. The minimum Gasteiger partial charge on any atom is -0.496 e. The zero-order valence-corrected chi connectivity index (χ0v) is 25.9. The topological polar surface area (TPSA) is 52.0 Å². The number of ether oxygens (including phenoxy) is 2. The highest BCUT2D eigenvalue weighted by Crippen LogP contribution is 2.55. The molecular formula is C41H36N2O3. The van der Waals surface area contributed by atoms with E-state index < -0.39 is 5.60 Å². The third kappa shape index (κ3) is 4.49. The van der Waals surface area contributed by atoms with E-state index in [1.54, 1.807) is 7.11 Å². The summed E-state index contributed by atoms with van der Waals surface area (Å²) in [6.07, 6.45) is 8.20. The minimum atomic E-state index is -1.30. The molecule has 228 valence electrons. The maximum Gasteiger partial charge on any atom is 0.340 e. The number of fused-ring (bicyclic) bond motifs is 2. The number of benzene rings is 4. The molecule has 0 radical (unpaired) electrons. The van der Waals surface area contributed by atoms with Gasteiger partial charge in [0.25, 0.3) is 0 Å². The number of nitrogens with zero attached hydrogens (tertiary/aromatic N) is 1. The lowest BCUT2D eigenvalue weighted by atomic mass is 9.78. The molecule has 5 heteroatoms. The lowest BCUT2D eigenvalue weighted by Gasteiger charge is -2.33. The van der Waals surface area contributed by atoms with E-state index in [1.807, 2.05) is 42.5 Å². The number of aromatic nitrogens is 1. The molecule has 4 aromatic carbocycles. The quantitative estimate of drug-likeness (QED) is 0.184. The van der Waals surface area contributed by atoms with Gasteiger partial charge in [-0.2, -0.15) is 0 Å². The van der Waals surface area contributed by atoms with Gasteiger partial charge in [0.1, 0.15) is 5.75 Å². The van der Waals surface area contributed by atoms with Crippen molar-refractivity contribution in [3.8, 4) is 28.0 Å². The van der Waals surface area contributed by atoms with E-state index in [9.17, 15) is 4.79 Å². The van der Waals surface area contributed by atoms with Crippen LogP contribution in [0.4, 0.5) is 5.69 Å². The number of hydrogen-bond donors (Lipinski definition) is 1. The van der Waals surface area contributed by atoms with E-state index in [0.717, 1.165) is 63.1 Å². The summed E-state index contributed by atoms with van der Waals surface area (Å²) in [6.45, 7) is 0. The number of esters is 1. The molecule has 2 aromatic heterocycles. The van der Waals surface area contributed by atoms with Crippen molar-refractivity contribution in [3.05, 3.63) is 150 Å². The molecule has 1 aliphatic carbocycles. The molecule has 2 aliphatic rings. The van der Waals surface area contributed by atoms with Gasteiger partial charge in [-0.3, -0.25) is 0 Å². The van der Waals surface area contributed by atoms with Gasteiger partial charge < -0.3 is 19.2 Å². The highest BCUT2D eigenvalue weighted by atomic mass is 16.6. The zero-order chi connectivity index (χ0) is 31.1. The lowest BCUT2D eigenvalue weighted by molar-refractivity contribution is 0.0232. The molecule has 1 aliphatic heterocycles. The number of rotatable bonds is 7. The normalized spacial score (nSPS) is 17.9. The van der Waals surface area contributed by atoms with Crippen LogP contribution < -0.4 is 10.1 Å². The number of cyclic esters (lactones) is 1. The maximum absolute atomic E-state index is 13.9. The Balaban J connectivity index is 1.47. The summed E-state index contributed by atoms with van der Waals surface area (Å²) in [6, 6.07) is 41.6. The van der Waals surface area contributed by atoms with Crippen LogP contribution in [-0.4, -0.2) is 23.5 Å². The molecule has 5 nitrogen and oxygen atoms in total. The second kappa shape index (κ2) is 11.6. The Labute approximate surface area is 269 Å². The molecule has 6 aromatic rings. The first kappa shape index (κ1) is 28.2. The van der Waals surface area contributed by atoms with Gasteiger partial charge in [-0.15, -0.1) is 0 Å². The van der Waals surface area contributed by atoms with Crippen LogP contribution >= 0.6 is 0 Å². The number of carbonyl (C=O) groups excluding carboxylic acids is 1. The number of anilines is 1. The Morgan fingerprint density at radius 2 is 1.41 bits per heavy atom. The van der Waals surface area contributed by atoms with Crippen LogP contribution in [0.2, 0.25) is 0 Å². The Morgan fingerprint density at radius 1 is 0.739 bits per heavy atom. The first-order chi connectivity index (χ1) is 22.7. The molecular weight excluding hydrogens is 568 g/mol. The molecule has 1 fully saturated rings. The van der Waals surface area contributed by atoms with Crippen molar-refractivity contribution in [1.82, 2.24) is 4.40 Å². The first-order valence-electron chi connectivity index (χ1n) is 16.2. The van der Waals surface area contributed by atoms with Gasteiger partial charge in [0.15, 0.2) is 0 Å². The van der Waals surface area contributed by atoms with Gasteiger partial charge in [0, 0.05) is 46.2 Å². The minimum absolute atomic E-state index is 0.354. The molecule has 0 bridgehead atoms. The number of nitrogens with one attached hydrogen (secondary N) is 1. The summed E-state index contributed by atoms with van der Waals surface area (Å²) in [5.41, 5.74) is 7.94. The van der Waals surface area contributed by atoms with Gasteiger partial charge in [-0.25, -0.2) is 4.79 Å². The fourth-order valence-corrected chi connectivity index (χ4v) is 7.61.